The smallest absolute Gasteiger partial charge is 0.307 e. The van der Waals surface area contributed by atoms with Gasteiger partial charge in [0.2, 0.25) is 0 Å². The first-order chi connectivity index (χ1) is 8.10. The molecule has 0 aliphatic rings. The molecule has 0 saturated carbocycles. The summed E-state index contributed by atoms with van der Waals surface area (Å²) in [4.78, 5) is 18.6. The van der Waals surface area contributed by atoms with Crippen LogP contribution in [0.2, 0.25) is 0 Å². The number of rotatable bonds is 3. The topological polar surface area (TPSA) is 81.0 Å². The third-order valence-corrected chi connectivity index (χ3v) is 2.67. The van der Waals surface area contributed by atoms with Crippen molar-refractivity contribution in [1.29, 1.82) is 0 Å². The molecule has 1 unspecified atom stereocenters. The van der Waals surface area contributed by atoms with E-state index >= 15 is 0 Å². The second-order valence-corrected chi connectivity index (χ2v) is 3.99. The third-order valence-electron chi connectivity index (χ3n) is 2.67. The summed E-state index contributed by atoms with van der Waals surface area (Å²) in [6, 6.07) is 5.35. The Morgan fingerprint density at radius 1 is 1.59 bits per heavy atom. The number of ether oxygens (including phenoxy) is 1. The molecule has 5 nitrogen and oxygen atoms in total. The van der Waals surface area contributed by atoms with E-state index < -0.39 is 0 Å². The van der Waals surface area contributed by atoms with Gasteiger partial charge in [-0.15, -0.1) is 0 Å². The minimum absolute atomic E-state index is 0.176. The highest BCUT2D eigenvalue weighted by molar-refractivity contribution is 5.76. The van der Waals surface area contributed by atoms with Gasteiger partial charge in [-0.05, 0) is 24.6 Å². The second-order valence-electron chi connectivity index (χ2n) is 3.99. The van der Waals surface area contributed by atoms with Crippen molar-refractivity contribution >= 4 is 17.0 Å². The highest BCUT2D eigenvalue weighted by Gasteiger charge is 2.12. The number of H-pyrrole nitrogens is 1. The van der Waals surface area contributed by atoms with Gasteiger partial charge in [0.25, 0.3) is 0 Å². The maximum atomic E-state index is 11.1. The molecule has 2 rings (SSSR count). The SMILES string of the molecule is COC(=O)CC(N)c1ccc2nc(C)[nH]c2c1. The summed E-state index contributed by atoms with van der Waals surface area (Å²) in [5.41, 5.74) is 8.66. The predicted molar refractivity (Wildman–Crippen MR) is 64.4 cm³/mol. The van der Waals surface area contributed by atoms with Gasteiger partial charge in [0.05, 0.1) is 24.6 Å². The highest BCUT2D eigenvalue weighted by Crippen LogP contribution is 2.19. The largest absolute Gasteiger partial charge is 0.469 e. The second kappa shape index (κ2) is 4.55. The number of esters is 1. The lowest BCUT2D eigenvalue weighted by molar-refractivity contribution is -0.141. The predicted octanol–water partition coefficient (Wildman–Crippen LogP) is 1.43. The monoisotopic (exact) mass is 233 g/mol. The minimum atomic E-state index is -0.351. The molecule has 1 heterocycles. The zero-order chi connectivity index (χ0) is 12.4. The van der Waals surface area contributed by atoms with Crippen LogP contribution in [0.4, 0.5) is 0 Å². The molecule has 1 aromatic heterocycles. The summed E-state index contributed by atoms with van der Waals surface area (Å²) in [5.74, 6) is 0.553. The lowest BCUT2D eigenvalue weighted by atomic mass is 10.0. The number of benzene rings is 1. The van der Waals surface area contributed by atoms with Gasteiger partial charge in [-0.25, -0.2) is 4.98 Å². The van der Waals surface area contributed by atoms with Crippen LogP contribution in [0.25, 0.3) is 11.0 Å². The van der Waals surface area contributed by atoms with Crippen LogP contribution in [-0.2, 0) is 9.53 Å². The molecule has 2 aromatic rings. The number of aromatic amines is 1. The van der Waals surface area contributed by atoms with Crippen molar-refractivity contribution in [3.05, 3.63) is 29.6 Å². The Morgan fingerprint density at radius 3 is 3.06 bits per heavy atom. The quantitative estimate of drug-likeness (QED) is 0.786. The summed E-state index contributed by atoms with van der Waals surface area (Å²) in [6.45, 7) is 1.90. The molecule has 90 valence electrons. The minimum Gasteiger partial charge on any atom is -0.469 e. The molecule has 17 heavy (non-hydrogen) atoms. The summed E-state index contributed by atoms with van der Waals surface area (Å²) in [7, 11) is 1.36. The molecular formula is C12H15N3O2. The van der Waals surface area contributed by atoms with Crippen LogP contribution < -0.4 is 5.73 Å². The number of carbonyl (C=O) groups is 1. The van der Waals surface area contributed by atoms with Crippen LogP contribution in [0.5, 0.6) is 0 Å². The van der Waals surface area contributed by atoms with Gasteiger partial charge in [-0.2, -0.15) is 0 Å². The Labute approximate surface area is 99.0 Å². The van der Waals surface area contributed by atoms with Crippen molar-refractivity contribution in [2.24, 2.45) is 5.73 Å². The standard InChI is InChI=1S/C12H15N3O2/c1-7-14-10-4-3-8(5-11(10)15-7)9(13)6-12(16)17-2/h3-5,9H,6,13H2,1-2H3,(H,14,15). The molecular weight excluding hydrogens is 218 g/mol. The summed E-state index contributed by atoms with van der Waals surface area (Å²) >= 11 is 0. The van der Waals surface area contributed by atoms with Crippen molar-refractivity contribution in [2.75, 3.05) is 7.11 Å². The summed E-state index contributed by atoms with van der Waals surface area (Å²) in [5, 5.41) is 0. The van der Waals surface area contributed by atoms with E-state index in [-0.39, 0.29) is 18.4 Å². The molecule has 3 N–H and O–H groups in total. The average molecular weight is 233 g/mol. The maximum absolute atomic E-state index is 11.1. The molecule has 0 aliphatic carbocycles. The first-order valence-corrected chi connectivity index (χ1v) is 5.39. The zero-order valence-corrected chi connectivity index (χ0v) is 9.86. The van der Waals surface area contributed by atoms with E-state index in [2.05, 4.69) is 14.7 Å². The maximum Gasteiger partial charge on any atom is 0.307 e. The molecule has 1 atom stereocenters. The van der Waals surface area contributed by atoms with Crippen LogP contribution in [-0.4, -0.2) is 23.0 Å². The van der Waals surface area contributed by atoms with Gasteiger partial charge in [0.15, 0.2) is 0 Å². The molecule has 1 aromatic carbocycles. The van der Waals surface area contributed by atoms with Crippen molar-refractivity contribution < 1.29 is 9.53 Å². The molecule has 0 saturated heterocycles. The number of hydrogen-bond donors (Lipinski definition) is 2. The number of carbonyl (C=O) groups excluding carboxylic acids is 1. The molecule has 0 fully saturated rings. The Bertz CT molecular complexity index is 548. The number of nitrogens with two attached hydrogens (primary N) is 1. The number of hydrogen-bond acceptors (Lipinski definition) is 4. The molecule has 0 spiro atoms. The number of fused-ring (bicyclic) bond motifs is 1. The number of aromatic nitrogens is 2. The van der Waals surface area contributed by atoms with Gasteiger partial charge >= 0.3 is 5.97 Å². The molecule has 0 aliphatic heterocycles. The van der Waals surface area contributed by atoms with Gasteiger partial charge in [-0.3, -0.25) is 4.79 Å². The lowest BCUT2D eigenvalue weighted by Crippen LogP contribution is -2.16. The number of imidazole rings is 1. The first kappa shape index (κ1) is 11.6. The fourth-order valence-electron chi connectivity index (χ4n) is 1.77. The Morgan fingerprint density at radius 2 is 2.35 bits per heavy atom. The van der Waals surface area contributed by atoms with Crippen molar-refractivity contribution in [3.63, 3.8) is 0 Å². The van der Waals surface area contributed by atoms with Crippen molar-refractivity contribution in [1.82, 2.24) is 9.97 Å². The average Bonchev–Trinajstić information content (AvgIpc) is 2.67. The first-order valence-electron chi connectivity index (χ1n) is 5.39. The van der Waals surface area contributed by atoms with Crippen molar-refractivity contribution in [3.8, 4) is 0 Å². The highest BCUT2D eigenvalue weighted by atomic mass is 16.5. The van der Waals surface area contributed by atoms with Crippen LogP contribution in [0.1, 0.15) is 23.9 Å². The van der Waals surface area contributed by atoms with Crippen LogP contribution in [0.15, 0.2) is 18.2 Å². The third kappa shape index (κ3) is 2.45. The molecule has 0 amide bonds. The van der Waals surface area contributed by atoms with Crippen LogP contribution in [0.3, 0.4) is 0 Å². The number of nitrogens with zero attached hydrogens (tertiary/aromatic N) is 1. The van der Waals surface area contributed by atoms with E-state index in [9.17, 15) is 4.79 Å². The molecule has 0 radical (unpaired) electrons. The number of nitrogens with one attached hydrogen (secondary N) is 1. The Balaban J connectivity index is 2.26. The van der Waals surface area contributed by atoms with Crippen molar-refractivity contribution in [2.45, 2.75) is 19.4 Å². The normalized spacial score (nSPS) is 12.6. The van der Waals surface area contributed by atoms with E-state index in [1.165, 1.54) is 7.11 Å². The van der Waals surface area contributed by atoms with E-state index in [1.54, 1.807) is 0 Å². The summed E-state index contributed by atoms with van der Waals surface area (Å²) < 4.78 is 4.59. The number of aryl methyl sites for hydroxylation is 1. The zero-order valence-electron chi connectivity index (χ0n) is 9.86. The van der Waals surface area contributed by atoms with E-state index in [0.717, 1.165) is 22.4 Å². The molecule has 0 bridgehead atoms. The van der Waals surface area contributed by atoms with Gasteiger partial charge in [0.1, 0.15) is 5.82 Å². The van der Waals surface area contributed by atoms with E-state index in [1.807, 2.05) is 25.1 Å². The van der Waals surface area contributed by atoms with Gasteiger partial charge in [0, 0.05) is 6.04 Å². The Hall–Kier alpha value is -1.88. The Kier molecular flexibility index (Phi) is 3.10. The summed E-state index contributed by atoms with van der Waals surface area (Å²) in [6.07, 6.45) is 0.176. The van der Waals surface area contributed by atoms with Crippen LogP contribution >= 0.6 is 0 Å². The van der Waals surface area contributed by atoms with Gasteiger partial charge in [-0.1, -0.05) is 6.07 Å². The van der Waals surface area contributed by atoms with E-state index in [4.69, 9.17) is 5.73 Å². The molecule has 5 heteroatoms. The lowest BCUT2D eigenvalue weighted by Gasteiger charge is -2.10. The fourth-order valence-corrected chi connectivity index (χ4v) is 1.77. The van der Waals surface area contributed by atoms with Crippen LogP contribution in [0, 0.1) is 6.92 Å². The fraction of sp³-hybridized carbons (Fsp3) is 0.333. The van der Waals surface area contributed by atoms with Gasteiger partial charge < -0.3 is 15.5 Å². The van der Waals surface area contributed by atoms with E-state index in [0.29, 0.717) is 0 Å². The number of methoxy groups -OCH3 is 1.